The summed E-state index contributed by atoms with van der Waals surface area (Å²) >= 11 is 0. The monoisotopic (exact) mass is 225 g/mol. The predicted molar refractivity (Wildman–Crippen MR) is 63.5 cm³/mol. The first-order chi connectivity index (χ1) is 8.31. The van der Waals surface area contributed by atoms with Crippen LogP contribution < -0.4 is 4.74 Å². The zero-order valence-electron chi connectivity index (χ0n) is 9.08. The maximum absolute atomic E-state index is 9.66. The van der Waals surface area contributed by atoms with Gasteiger partial charge in [0.2, 0.25) is 6.10 Å². The summed E-state index contributed by atoms with van der Waals surface area (Å²) in [6, 6.07) is 17.8. The number of nitriles is 1. The lowest BCUT2D eigenvalue weighted by molar-refractivity contribution is 0.256. The zero-order chi connectivity index (χ0) is 12.1. The number of rotatable bonds is 3. The SMILES string of the molecule is N#C[C@H](Oc1ccccc1)c1ccccc1O. The molecular weight excluding hydrogens is 214 g/mol. The van der Waals surface area contributed by atoms with Crippen molar-refractivity contribution in [3.63, 3.8) is 0 Å². The second kappa shape index (κ2) is 5.04. The first-order valence-corrected chi connectivity index (χ1v) is 5.20. The molecule has 1 atom stereocenters. The second-order valence-electron chi connectivity index (χ2n) is 3.50. The molecule has 0 saturated carbocycles. The first kappa shape index (κ1) is 11.0. The van der Waals surface area contributed by atoms with E-state index in [0.29, 0.717) is 11.3 Å². The molecule has 1 N–H and O–H groups in total. The molecule has 0 fully saturated rings. The Labute approximate surface area is 99.5 Å². The summed E-state index contributed by atoms with van der Waals surface area (Å²) < 4.78 is 5.51. The van der Waals surface area contributed by atoms with Gasteiger partial charge in [-0.25, -0.2) is 0 Å². The van der Waals surface area contributed by atoms with Crippen LogP contribution in [0, 0.1) is 11.3 Å². The number of benzene rings is 2. The molecule has 0 saturated heterocycles. The highest BCUT2D eigenvalue weighted by Gasteiger charge is 2.15. The van der Waals surface area contributed by atoms with Crippen LogP contribution in [-0.2, 0) is 0 Å². The predicted octanol–water partition coefficient (Wildman–Crippen LogP) is 3.04. The molecule has 0 aromatic heterocycles. The van der Waals surface area contributed by atoms with Gasteiger partial charge in [0, 0.05) is 5.56 Å². The Morgan fingerprint density at radius 3 is 2.29 bits per heavy atom. The molecule has 17 heavy (non-hydrogen) atoms. The summed E-state index contributed by atoms with van der Waals surface area (Å²) in [5, 5.41) is 18.7. The molecule has 0 radical (unpaired) electrons. The van der Waals surface area contributed by atoms with Gasteiger partial charge in [0.15, 0.2) is 0 Å². The summed E-state index contributed by atoms with van der Waals surface area (Å²) in [5.74, 6) is 0.664. The minimum atomic E-state index is -0.807. The zero-order valence-corrected chi connectivity index (χ0v) is 9.08. The van der Waals surface area contributed by atoms with Crippen LogP contribution in [0.5, 0.6) is 11.5 Å². The molecule has 2 aromatic carbocycles. The van der Waals surface area contributed by atoms with Crippen LogP contribution >= 0.6 is 0 Å². The number of hydrogen-bond donors (Lipinski definition) is 1. The Morgan fingerprint density at radius 1 is 1.00 bits per heavy atom. The van der Waals surface area contributed by atoms with Gasteiger partial charge in [0.05, 0.1) is 0 Å². The van der Waals surface area contributed by atoms with Crippen molar-refractivity contribution in [3.8, 4) is 17.6 Å². The molecule has 3 heteroatoms. The van der Waals surface area contributed by atoms with E-state index in [0.717, 1.165) is 0 Å². The van der Waals surface area contributed by atoms with Crippen LogP contribution in [0.2, 0.25) is 0 Å². The van der Waals surface area contributed by atoms with Gasteiger partial charge in [-0.15, -0.1) is 0 Å². The van der Waals surface area contributed by atoms with E-state index < -0.39 is 6.10 Å². The lowest BCUT2D eigenvalue weighted by Gasteiger charge is -2.13. The van der Waals surface area contributed by atoms with E-state index in [9.17, 15) is 5.11 Å². The van der Waals surface area contributed by atoms with Crippen molar-refractivity contribution in [1.29, 1.82) is 5.26 Å². The summed E-state index contributed by atoms with van der Waals surface area (Å²) in [4.78, 5) is 0. The van der Waals surface area contributed by atoms with Crippen LogP contribution in [0.25, 0.3) is 0 Å². The molecule has 0 bridgehead atoms. The molecule has 84 valence electrons. The highest BCUT2D eigenvalue weighted by molar-refractivity contribution is 5.37. The van der Waals surface area contributed by atoms with E-state index in [1.807, 2.05) is 24.3 Å². The number of ether oxygens (including phenoxy) is 1. The van der Waals surface area contributed by atoms with Gasteiger partial charge in [0.1, 0.15) is 17.6 Å². The minimum Gasteiger partial charge on any atom is -0.507 e. The molecule has 2 aromatic rings. The van der Waals surface area contributed by atoms with Crippen LogP contribution in [0.3, 0.4) is 0 Å². The fraction of sp³-hybridized carbons (Fsp3) is 0.0714. The fourth-order valence-electron chi connectivity index (χ4n) is 1.50. The second-order valence-corrected chi connectivity index (χ2v) is 3.50. The highest BCUT2D eigenvalue weighted by Crippen LogP contribution is 2.27. The van der Waals surface area contributed by atoms with Crippen molar-refractivity contribution in [2.24, 2.45) is 0 Å². The Bertz CT molecular complexity index is 531. The summed E-state index contributed by atoms with van der Waals surface area (Å²) in [6.45, 7) is 0. The third-order valence-corrected chi connectivity index (χ3v) is 2.33. The van der Waals surface area contributed by atoms with Crippen molar-refractivity contribution in [2.45, 2.75) is 6.10 Å². The average molecular weight is 225 g/mol. The third-order valence-electron chi connectivity index (χ3n) is 2.33. The van der Waals surface area contributed by atoms with Gasteiger partial charge in [0.25, 0.3) is 0 Å². The topological polar surface area (TPSA) is 53.2 Å². The molecule has 0 aliphatic carbocycles. The number of phenols is 1. The Kier molecular flexibility index (Phi) is 3.27. The van der Waals surface area contributed by atoms with E-state index >= 15 is 0 Å². The van der Waals surface area contributed by atoms with E-state index in [1.165, 1.54) is 6.07 Å². The van der Waals surface area contributed by atoms with Crippen molar-refractivity contribution in [2.75, 3.05) is 0 Å². The van der Waals surface area contributed by atoms with Crippen LogP contribution in [0.1, 0.15) is 11.7 Å². The van der Waals surface area contributed by atoms with Gasteiger partial charge in [-0.1, -0.05) is 36.4 Å². The molecular formula is C14H11NO2. The quantitative estimate of drug-likeness (QED) is 0.873. The average Bonchev–Trinajstić information content (AvgIpc) is 2.38. The number of nitrogens with zero attached hydrogens (tertiary/aromatic N) is 1. The van der Waals surface area contributed by atoms with Gasteiger partial charge in [-0.05, 0) is 18.2 Å². The standard InChI is InChI=1S/C14H11NO2/c15-10-14(12-8-4-5-9-13(12)16)17-11-6-2-1-3-7-11/h1-9,14,16H/t14-/m0/s1. The Hall–Kier alpha value is -2.47. The van der Waals surface area contributed by atoms with Crippen molar-refractivity contribution in [3.05, 3.63) is 60.2 Å². The summed E-state index contributed by atoms with van der Waals surface area (Å²) in [5.41, 5.74) is 0.471. The number of para-hydroxylation sites is 2. The van der Waals surface area contributed by atoms with Crippen LogP contribution in [0.15, 0.2) is 54.6 Å². The fourth-order valence-corrected chi connectivity index (χ4v) is 1.50. The Balaban J connectivity index is 2.25. The van der Waals surface area contributed by atoms with Crippen molar-refractivity contribution < 1.29 is 9.84 Å². The molecule has 0 aliphatic rings. The third kappa shape index (κ3) is 2.56. The molecule has 0 unspecified atom stereocenters. The molecule has 3 nitrogen and oxygen atoms in total. The Morgan fingerprint density at radius 2 is 1.65 bits per heavy atom. The highest BCUT2D eigenvalue weighted by atomic mass is 16.5. The smallest absolute Gasteiger partial charge is 0.213 e. The molecule has 0 amide bonds. The van der Waals surface area contributed by atoms with E-state index in [1.54, 1.807) is 30.3 Å². The molecule has 0 spiro atoms. The number of aromatic hydroxyl groups is 1. The maximum Gasteiger partial charge on any atom is 0.213 e. The van der Waals surface area contributed by atoms with E-state index in [4.69, 9.17) is 10.00 Å². The normalized spacial score (nSPS) is 11.5. The molecule has 0 aliphatic heterocycles. The number of hydrogen-bond acceptors (Lipinski definition) is 3. The lowest BCUT2D eigenvalue weighted by Crippen LogP contribution is -2.05. The number of phenolic OH excluding ortho intramolecular Hbond substituents is 1. The van der Waals surface area contributed by atoms with E-state index in [-0.39, 0.29) is 5.75 Å². The van der Waals surface area contributed by atoms with Gasteiger partial charge in [-0.3, -0.25) is 0 Å². The van der Waals surface area contributed by atoms with Crippen LogP contribution in [-0.4, -0.2) is 5.11 Å². The van der Waals surface area contributed by atoms with Crippen molar-refractivity contribution >= 4 is 0 Å². The van der Waals surface area contributed by atoms with Gasteiger partial charge >= 0.3 is 0 Å². The summed E-state index contributed by atoms with van der Waals surface area (Å²) in [7, 11) is 0. The van der Waals surface area contributed by atoms with Crippen molar-refractivity contribution in [1.82, 2.24) is 0 Å². The molecule has 2 rings (SSSR count). The maximum atomic E-state index is 9.66. The van der Waals surface area contributed by atoms with E-state index in [2.05, 4.69) is 0 Å². The molecule has 0 heterocycles. The largest absolute Gasteiger partial charge is 0.507 e. The first-order valence-electron chi connectivity index (χ1n) is 5.20. The minimum absolute atomic E-state index is 0.0648. The lowest BCUT2D eigenvalue weighted by atomic mass is 10.1. The summed E-state index contributed by atoms with van der Waals surface area (Å²) in [6.07, 6.45) is -0.807. The van der Waals surface area contributed by atoms with Crippen LogP contribution in [0.4, 0.5) is 0 Å². The van der Waals surface area contributed by atoms with Gasteiger partial charge in [-0.2, -0.15) is 5.26 Å². The van der Waals surface area contributed by atoms with Gasteiger partial charge < -0.3 is 9.84 Å².